The Morgan fingerprint density at radius 3 is 2.72 bits per heavy atom. The van der Waals surface area contributed by atoms with Crippen LogP contribution < -0.4 is 10.1 Å². The Balaban J connectivity index is 1.58. The van der Waals surface area contributed by atoms with Gasteiger partial charge in [0.25, 0.3) is 5.91 Å². The normalized spacial score (nSPS) is 19.6. The monoisotopic (exact) mass is 340 g/mol. The molecule has 1 aliphatic heterocycles. The van der Waals surface area contributed by atoms with Crippen LogP contribution in [0.1, 0.15) is 24.8 Å². The molecule has 0 spiro atoms. The molecule has 0 aromatic heterocycles. The average molecular weight is 340 g/mol. The van der Waals surface area contributed by atoms with E-state index in [9.17, 15) is 14.4 Å². The molecule has 6 heteroatoms. The van der Waals surface area contributed by atoms with E-state index < -0.39 is 17.7 Å². The summed E-state index contributed by atoms with van der Waals surface area (Å²) in [6.45, 7) is 0.405. The number of hydrogen-bond donors (Lipinski definition) is 1. The summed E-state index contributed by atoms with van der Waals surface area (Å²) in [7, 11) is 1.61. The summed E-state index contributed by atoms with van der Waals surface area (Å²) in [5, 5.41) is 2.75. The van der Waals surface area contributed by atoms with E-state index in [4.69, 9.17) is 4.74 Å². The molecule has 1 N–H and O–H groups in total. The zero-order valence-electron chi connectivity index (χ0n) is 14.1. The maximum atomic E-state index is 12.3. The van der Waals surface area contributed by atoms with Gasteiger partial charge in [-0.05, 0) is 37.0 Å². The third-order valence-corrected chi connectivity index (χ3v) is 4.43. The summed E-state index contributed by atoms with van der Waals surface area (Å²) in [6, 6.07) is 7.57. The number of aliphatic imine (C=N–C) groups is 1. The highest BCUT2D eigenvalue weighted by atomic mass is 16.5. The van der Waals surface area contributed by atoms with E-state index in [-0.39, 0.29) is 5.78 Å². The van der Waals surface area contributed by atoms with Gasteiger partial charge in [0.15, 0.2) is 5.78 Å². The number of methoxy groups -OCH3 is 1. The van der Waals surface area contributed by atoms with Crippen LogP contribution in [0.3, 0.4) is 0 Å². The van der Waals surface area contributed by atoms with Gasteiger partial charge in [0.2, 0.25) is 5.91 Å². The standard InChI is InChI=1S/C19H20N2O4/c1-25-13-7-5-12(6-8-13)9-10-20-18(23)15-11-14-16(21-19(15)24)3-2-4-17(14)22/h5-8,11,15H,2-4,9-10H2,1H3,(H,20,23). The number of carbonyl (C=O) groups excluding carboxylic acids is 3. The maximum absolute atomic E-state index is 12.3. The second-order valence-corrected chi connectivity index (χ2v) is 6.12. The van der Waals surface area contributed by atoms with Crippen molar-refractivity contribution in [3.05, 3.63) is 41.5 Å². The van der Waals surface area contributed by atoms with E-state index in [0.29, 0.717) is 43.5 Å². The number of ether oxygens (including phenoxy) is 1. The number of nitrogens with zero attached hydrogens (tertiary/aromatic N) is 1. The van der Waals surface area contributed by atoms with Gasteiger partial charge >= 0.3 is 0 Å². The molecule has 1 heterocycles. The maximum Gasteiger partial charge on any atom is 0.262 e. The second kappa shape index (κ2) is 7.42. The number of nitrogens with one attached hydrogen (secondary N) is 1. The highest BCUT2D eigenvalue weighted by Crippen LogP contribution is 2.24. The smallest absolute Gasteiger partial charge is 0.262 e. The molecule has 1 atom stereocenters. The van der Waals surface area contributed by atoms with E-state index >= 15 is 0 Å². The number of dihydropyridines is 1. The SMILES string of the molecule is COc1ccc(CCNC(=O)C2C=C3C(=O)CCCC3=NC2=O)cc1. The molecule has 1 aromatic rings. The van der Waals surface area contributed by atoms with Crippen molar-refractivity contribution >= 4 is 23.3 Å². The minimum absolute atomic E-state index is 0.0338. The molecular weight excluding hydrogens is 320 g/mol. The van der Waals surface area contributed by atoms with E-state index in [1.165, 1.54) is 6.08 Å². The number of allylic oxidation sites excluding steroid dienone is 1. The van der Waals surface area contributed by atoms with E-state index in [2.05, 4.69) is 10.3 Å². The highest BCUT2D eigenvalue weighted by Gasteiger charge is 2.33. The number of rotatable bonds is 5. The van der Waals surface area contributed by atoms with Crippen molar-refractivity contribution in [1.82, 2.24) is 5.32 Å². The van der Waals surface area contributed by atoms with E-state index in [1.54, 1.807) is 7.11 Å². The van der Waals surface area contributed by atoms with Gasteiger partial charge in [-0.1, -0.05) is 18.2 Å². The lowest BCUT2D eigenvalue weighted by Gasteiger charge is -2.22. The zero-order valence-corrected chi connectivity index (χ0v) is 14.1. The third kappa shape index (κ3) is 3.84. The number of carbonyl (C=O) groups is 3. The van der Waals surface area contributed by atoms with Crippen molar-refractivity contribution in [1.29, 1.82) is 0 Å². The Morgan fingerprint density at radius 1 is 1.24 bits per heavy atom. The first-order chi connectivity index (χ1) is 12.1. The van der Waals surface area contributed by atoms with E-state index in [1.807, 2.05) is 24.3 Å². The molecule has 2 amide bonds. The average Bonchev–Trinajstić information content (AvgIpc) is 2.62. The van der Waals surface area contributed by atoms with Gasteiger partial charge in [-0.2, -0.15) is 0 Å². The highest BCUT2D eigenvalue weighted by molar-refractivity contribution is 6.28. The molecule has 25 heavy (non-hydrogen) atoms. The van der Waals surface area contributed by atoms with Gasteiger partial charge in [-0.15, -0.1) is 0 Å². The molecule has 1 fully saturated rings. The largest absolute Gasteiger partial charge is 0.497 e. The molecule has 1 unspecified atom stereocenters. The quantitative estimate of drug-likeness (QED) is 0.826. The topological polar surface area (TPSA) is 84.8 Å². The summed E-state index contributed by atoms with van der Waals surface area (Å²) in [5.74, 6) is -1.16. The lowest BCUT2D eigenvalue weighted by atomic mass is 9.86. The van der Waals surface area contributed by atoms with Crippen molar-refractivity contribution < 1.29 is 19.1 Å². The van der Waals surface area contributed by atoms with Crippen LogP contribution in [0.2, 0.25) is 0 Å². The fourth-order valence-electron chi connectivity index (χ4n) is 3.01. The van der Waals surface area contributed by atoms with Gasteiger partial charge in [0.1, 0.15) is 11.7 Å². The summed E-state index contributed by atoms with van der Waals surface area (Å²) in [6.07, 6.45) is 3.90. The van der Waals surface area contributed by atoms with E-state index in [0.717, 1.165) is 11.3 Å². The number of benzene rings is 1. The van der Waals surface area contributed by atoms with Crippen LogP contribution in [0, 0.1) is 5.92 Å². The first-order valence-electron chi connectivity index (χ1n) is 8.36. The van der Waals surface area contributed by atoms with Gasteiger partial charge in [0, 0.05) is 18.5 Å². The fraction of sp³-hybridized carbons (Fsp3) is 0.368. The molecular formula is C19H20N2O4. The number of amides is 2. The van der Waals surface area contributed by atoms with Crippen LogP contribution >= 0.6 is 0 Å². The Bertz CT molecular complexity index is 762. The van der Waals surface area contributed by atoms with Crippen molar-refractivity contribution in [3.8, 4) is 5.75 Å². The van der Waals surface area contributed by atoms with Crippen LogP contribution in [0.15, 0.2) is 40.9 Å². The lowest BCUT2D eigenvalue weighted by molar-refractivity contribution is -0.131. The second-order valence-electron chi connectivity index (χ2n) is 6.12. The number of Topliss-reactive ketones (excluding diaryl/α,β-unsaturated/α-hetero) is 1. The molecule has 3 rings (SSSR count). The minimum Gasteiger partial charge on any atom is -0.497 e. The van der Waals surface area contributed by atoms with Crippen LogP contribution in [0.25, 0.3) is 0 Å². The van der Waals surface area contributed by atoms with Crippen molar-refractivity contribution in [2.24, 2.45) is 10.9 Å². The van der Waals surface area contributed by atoms with Gasteiger partial charge in [0.05, 0.1) is 12.8 Å². The molecule has 0 radical (unpaired) electrons. The molecule has 130 valence electrons. The predicted molar refractivity (Wildman–Crippen MR) is 92.6 cm³/mol. The van der Waals surface area contributed by atoms with Crippen LogP contribution in [-0.2, 0) is 20.8 Å². The number of ketones is 1. The predicted octanol–water partition coefficient (Wildman–Crippen LogP) is 1.63. The zero-order chi connectivity index (χ0) is 17.8. The molecule has 1 saturated carbocycles. The Hall–Kier alpha value is -2.76. The molecule has 1 aliphatic carbocycles. The molecule has 0 bridgehead atoms. The van der Waals surface area contributed by atoms with Crippen molar-refractivity contribution in [3.63, 3.8) is 0 Å². The van der Waals surface area contributed by atoms with Gasteiger partial charge < -0.3 is 10.1 Å². The van der Waals surface area contributed by atoms with Crippen molar-refractivity contribution in [2.45, 2.75) is 25.7 Å². The molecule has 6 nitrogen and oxygen atoms in total. The van der Waals surface area contributed by atoms with Gasteiger partial charge in [-0.3, -0.25) is 14.4 Å². The molecule has 2 aliphatic rings. The fourth-order valence-corrected chi connectivity index (χ4v) is 3.01. The van der Waals surface area contributed by atoms with Crippen LogP contribution in [-0.4, -0.2) is 37.0 Å². The Kier molecular flexibility index (Phi) is 5.07. The molecule has 1 aromatic carbocycles. The minimum atomic E-state index is -1.00. The van der Waals surface area contributed by atoms with Crippen LogP contribution in [0.4, 0.5) is 0 Å². The Morgan fingerprint density at radius 2 is 2.00 bits per heavy atom. The number of hydrogen-bond acceptors (Lipinski definition) is 4. The summed E-state index contributed by atoms with van der Waals surface area (Å²) in [4.78, 5) is 40.3. The third-order valence-electron chi connectivity index (χ3n) is 4.43. The summed E-state index contributed by atoms with van der Waals surface area (Å²) >= 11 is 0. The lowest BCUT2D eigenvalue weighted by Crippen LogP contribution is -2.38. The Labute approximate surface area is 146 Å². The first kappa shape index (κ1) is 17.1. The molecule has 0 saturated heterocycles. The number of fused-ring (bicyclic) bond motifs is 1. The van der Waals surface area contributed by atoms with Crippen LogP contribution in [0.5, 0.6) is 5.75 Å². The summed E-state index contributed by atoms with van der Waals surface area (Å²) in [5.41, 5.74) is 2.03. The van der Waals surface area contributed by atoms with Crippen molar-refractivity contribution in [2.75, 3.05) is 13.7 Å². The summed E-state index contributed by atoms with van der Waals surface area (Å²) < 4.78 is 5.10. The first-order valence-corrected chi connectivity index (χ1v) is 8.36. The van der Waals surface area contributed by atoms with Gasteiger partial charge in [-0.25, -0.2) is 4.99 Å².